The first-order valence-electron chi connectivity index (χ1n) is 1.89. The van der Waals surface area contributed by atoms with E-state index in [1.807, 2.05) is 0 Å². The summed E-state index contributed by atoms with van der Waals surface area (Å²) in [6.45, 7) is 0. The van der Waals surface area contributed by atoms with Crippen LogP contribution < -0.4 is 0 Å². The molecule has 0 amide bonds. The molecule has 0 aromatic carbocycles. The molecule has 0 aliphatic carbocycles. The predicted molar refractivity (Wildman–Crippen MR) is 30.5 cm³/mol. The minimum absolute atomic E-state index is 0.301. The Morgan fingerprint density at radius 2 is 2.86 bits per heavy atom. The summed E-state index contributed by atoms with van der Waals surface area (Å²) in [5, 5.41) is 2.72. The molecular formula is C3H4N2OS. The second-order valence-corrected chi connectivity index (χ2v) is 2.05. The quantitative estimate of drug-likeness (QED) is 0.476. The summed E-state index contributed by atoms with van der Waals surface area (Å²) in [5.74, 6) is 0.726. The van der Waals surface area contributed by atoms with Crippen LogP contribution >= 0.6 is 11.8 Å². The Morgan fingerprint density at radius 3 is 3.14 bits per heavy atom. The molecule has 1 atom stereocenters. The van der Waals surface area contributed by atoms with E-state index in [0.29, 0.717) is 0 Å². The zero-order valence-electron chi connectivity index (χ0n) is 3.57. The van der Waals surface area contributed by atoms with E-state index in [4.69, 9.17) is 0 Å². The van der Waals surface area contributed by atoms with Crippen molar-refractivity contribution < 1.29 is 0 Å². The first-order chi connectivity index (χ1) is 3.43. The van der Waals surface area contributed by atoms with Crippen molar-refractivity contribution in [3.05, 3.63) is 4.91 Å². The number of nitrogens with zero attached hydrogens (tertiary/aromatic N) is 2. The molecule has 0 aromatic heterocycles. The summed E-state index contributed by atoms with van der Waals surface area (Å²) >= 11 is 1.52. The Labute approximate surface area is 45.2 Å². The molecular weight excluding hydrogens is 112 g/mol. The lowest BCUT2D eigenvalue weighted by Gasteiger charge is -1.85. The Hall–Kier alpha value is -0.380. The highest BCUT2D eigenvalue weighted by Gasteiger charge is 2.08. The molecule has 38 valence electrons. The minimum atomic E-state index is -0.301. The van der Waals surface area contributed by atoms with E-state index in [1.165, 1.54) is 11.8 Å². The molecule has 0 spiro atoms. The fourth-order valence-corrected chi connectivity index (χ4v) is 0.975. The van der Waals surface area contributed by atoms with Gasteiger partial charge in [-0.2, -0.15) is 0 Å². The molecule has 0 radical (unpaired) electrons. The van der Waals surface area contributed by atoms with Crippen LogP contribution in [0.25, 0.3) is 0 Å². The van der Waals surface area contributed by atoms with Crippen molar-refractivity contribution in [2.75, 3.05) is 5.75 Å². The number of thioether (sulfide) groups is 1. The van der Waals surface area contributed by atoms with Gasteiger partial charge in [0, 0.05) is 5.75 Å². The van der Waals surface area contributed by atoms with E-state index in [0.717, 1.165) is 5.75 Å². The van der Waals surface area contributed by atoms with Gasteiger partial charge in [-0.3, -0.25) is 4.99 Å². The Balaban J connectivity index is 2.42. The van der Waals surface area contributed by atoms with Crippen molar-refractivity contribution >= 4 is 17.3 Å². The van der Waals surface area contributed by atoms with Gasteiger partial charge < -0.3 is 0 Å². The third kappa shape index (κ3) is 0.991. The lowest BCUT2D eigenvalue weighted by Crippen LogP contribution is -1.95. The highest BCUT2D eigenvalue weighted by molar-refractivity contribution is 8.12. The SMILES string of the molecule is O=NC1CSC=N1. The Morgan fingerprint density at radius 1 is 2.00 bits per heavy atom. The van der Waals surface area contributed by atoms with E-state index in [1.54, 1.807) is 5.55 Å². The average Bonchev–Trinajstić information content (AvgIpc) is 2.14. The molecule has 1 heterocycles. The molecule has 3 nitrogen and oxygen atoms in total. The van der Waals surface area contributed by atoms with Gasteiger partial charge in [0.05, 0.1) is 5.55 Å². The van der Waals surface area contributed by atoms with E-state index >= 15 is 0 Å². The van der Waals surface area contributed by atoms with E-state index in [-0.39, 0.29) is 6.17 Å². The average molecular weight is 116 g/mol. The van der Waals surface area contributed by atoms with Gasteiger partial charge in [0.2, 0.25) is 0 Å². The van der Waals surface area contributed by atoms with Crippen LogP contribution in [0.3, 0.4) is 0 Å². The molecule has 1 unspecified atom stereocenters. The molecule has 0 saturated carbocycles. The van der Waals surface area contributed by atoms with Crippen LogP contribution in [0, 0.1) is 4.91 Å². The van der Waals surface area contributed by atoms with Crippen LogP contribution in [0.1, 0.15) is 0 Å². The fraction of sp³-hybridized carbons (Fsp3) is 0.667. The van der Waals surface area contributed by atoms with Crippen molar-refractivity contribution in [1.29, 1.82) is 0 Å². The number of hydrogen-bond donors (Lipinski definition) is 0. The van der Waals surface area contributed by atoms with Gasteiger partial charge in [-0.15, -0.1) is 16.7 Å². The highest BCUT2D eigenvalue weighted by Crippen LogP contribution is 2.10. The maximum atomic E-state index is 9.63. The summed E-state index contributed by atoms with van der Waals surface area (Å²) < 4.78 is 0. The van der Waals surface area contributed by atoms with Crippen LogP contribution in [0.4, 0.5) is 0 Å². The second kappa shape index (κ2) is 2.07. The maximum Gasteiger partial charge on any atom is 0.191 e. The monoisotopic (exact) mass is 116 g/mol. The fourth-order valence-electron chi connectivity index (χ4n) is 0.343. The third-order valence-electron chi connectivity index (χ3n) is 0.674. The second-order valence-electron chi connectivity index (χ2n) is 1.17. The standard InChI is InChI=1S/C3H4N2OS/c6-5-3-1-7-2-4-3/h2-3H,1H2. The summed E-state index contributed by atoms with van der Waals surface area (Å²) in [6.07, 6.45) is -0.301. The molecule has 0 saturated heterocycles. The van der Waals surface area contributed by atoms with Crippen LogP contribution in [0.5, 0.6) is 0 Å². The lowest BCUT2D eigenvalue weighted by atomic mass is 10.6. The molecule has 0 bridgehead atoms. The largest absolute Gasteiger partial charge is 0.255 e. The zero-order chi connectivity index (χ0) is 5.11. The van der Waals surface area contributed by atoms with Crippen LogP contribution in [-0.2, 0) is 0 Å². The van der Waals surface area contributed by atoms with Crippen molar-refractivity contribution in [3.8, 4) is 0 Å². The third-order valence-corrected chi connectivity index (χ3v) is 1.44. The van der Waals surface area contributed by atoms with Crippen molar-refractivity contribution in [1.82, 2.24) is 0 Å². The van der Waals surface area contributed by atoms with Gasteiger partial charge in [-0.25, -0.2) is 0 Å². The van der Waals surface area contributed by atoms with Crippen molar-refractivity contribution in [2.24, 2.45) is 10.2 Å². The molecule has 7 heavy (non-hydrogen) atoms. The number of rotatable bonds is 1. The smallest absolute Gasteiger partial charge is 0.191 e. The van der Waals surface area contributed by atoms with Crippen LogP contribution in [0.2, 0.25) is 0 Å². The molecule has 4 heteroatoms. The lowest BCUT2D eigenvalue weighted by molar-refractivity contribution is 0.815. The van der Waals surface area contributed by atoms with E-state index in [9.17, 15) is 4.91 Å². The molecule has 1 rings (SSSR count). The summed E-state index contributed by atoms with van der Waals surface area (Å²) in [5.41, 5.74) is 1.66. The zero-order valence-corrected chi connectivity index (χ0v) is 4.39. The topological polar surface area (TPSA) is 41.8 Å². The van der Waals surface area contributed by atoms with Gasteiger partial charge in [-0.05, 0) is 5.18 Å². The molecule has 1 aliphatic rings. The Bertz CT molecular complexity index is 103. The maximum absolute atomic E-state index is 9.63. The van der Waals surface area contributed by atoms with Crippen LogP contribution in [-0.4, -0.2) is 17.5 Å². The van der Waals surface area contributed by atoms with Crippen molar-refractivity contribution in [2.45, 2.75) is 6.17 Å². The van der Waals surface area contributed by atoms with Crippen molar-refractivity contribution in [3.63, 3.8) is 0 Å². The summed E-state index contributed by atoms with van der Waals surface area (Å²) in [7, 11) is 0. The molecule has 0 N–H and O–H groups in total. The highest BCUT2D eigenvalue weighted by atomic mass is 32.2. The number of hydrogen-bond acceptors (Lipinski definition) is 4. The summed E-state index contributed by atoms with van der Waals surface area (Å²) in [4.78, 5) is 13.3. The van der Waals surface area contributed by atoms with E-state index in [2.05, 4.69) is 10.2 Å². The first-order valence-corrected chi connectivity index (χ1v) is 2.94. The summed E-state index contributed by atoms with van der Waals surface area (Å²) in [6, 6.07) is 0. The van der Waals surface area contributed by atoms with Crippen LogP contribution in [0.15, 0.2) is 10.2 Å². The van der Waals surface area contributed by atoms with Gasteiger partial charge in [-0.1, -0.05) is 0 Å². The molecule has 1 aliphatic heterocycles. The predicted octanol–water partition coefficient (Wildman–Crippen LogP) is 0.854. The van der Waals surface area contributed by atoms with Gasteiger partial charge in [0.1, 0.15) is 0 Å². The van der Waals surface area contributed by atoms with E-state index < -0.39 is 0 Å². The number of aliphatic imine (C=N–C) groups is 1. The number of nitroso groups, excluding NO2 is 1. The molecule has 0 aromatic rings. The normalized spacial score (nSPS) is 28.3. The minimum Gasteiger partial charge on any atom is -0.255 e. The first kappa shape index (κ1) is 4.77. The van der Waals surface area contributed by atoms with Gasteiger partial charge in [0.25, 0.3) is 0 Å². The van der Waals surface area contributed by atoms with Gasteiger partial charge in [0.15, 0.2) is 6.17 Å². The van der Waals surface area contributed by atoms with Gasteiger partial charge >= 0.3 is 0 Å². The Kier molecular flexibility index (Phi) is 1.41. The molecule has 0 fully saturated rings.